The Morgan fingerprint density at radius 3 is 2.32 bits per heavy atom. The molecule has 0 saturated heterocycles. The van der Waals surface area contributed by atoms with Gasteiger partial charge in [-0.15, -0.1) is 0 Å². The van der Waals surface area contributed by atoms with E-state index >= 15 is 0 Å². The van der Waals surface area contributed by atoms with Gasteiger partial charge < -0.3 is 4.74 Å². The third-order valence-electron chi connectivity index (χ3n) is 3.09. The Hall–Kier alpha value is -2.67. The molecule has 0 aliphatic carbocycles. The van der Waals surface area contributed by atoms with Crippen LogP contribution in [0, 0.1) is 10.1 Å². The Morgan fingerprint density at radius 1 is 1.18 bits per heavy atom. The summed E-state index contributed by atoms with van der Waals surface area (Å²) in [6.45, 7) is 3.21. The molecule has 0 unspecified atom stereocenters. The molecule has 0 heterocycles. The normalized spacial score (nSPS) is 11.0. The van der Waals surface area contributed by atoms with Crippen molar-refractivity contribution >= 4 is 15.5 Å². The summed E-state index contributed by atoms with van der Waals surface area (Å²) < 4.78 is 29.3. The van der Waals surface area contributed by atoms with Gasteiger partial charge in [0.05, 0.1) is 12.0 Å². The Balaban J connectivity index is 2.94. The average Bonchev–Trinajstić information content (AvgIpc) is 2.54. The maximum absolute atomic E-state index is 12.0. The van der Waals surface area contributed by atoms with Crippen molar-refractivity contribution in [2.45, 2.75) is 4.90 Å². The van der Waals surface area contributed by atoms with Crippen LogP contribution in [-0.4, -0.2) is 20.5 Å². The summed E-state index contributed by atoms with van der Waals surface area (Å²) in [6.07, 6.45) is 0. The van der Waals surface area contributed by atoms with Gasteiger partial charge in [0, 0.05) is 5.41 Å². The van der Waals surface area contributed by atoms with Crippen LogP contribution in [0.15, 0.2) is 59.3 Å². The number of benzene rings is 2. The number of methoxy groups -OCH3 is 1. The molecule has 0 saturated carbocycles. The molecule has 22 heavy (non-hydrogen) atoms. The molecule has 2 aromatic rings. The molecule has 114 valence electrons. The SMILES string of the molecule is C=CS(=O)(=O)c1ccc(OC)c(-c2ccccc2)c1[N+](=O)[O-]. The molecule has 0 atom stereocenters. The van der Waals surface area contributed by atoms with Crippen LogP contribution >= 0.6 is 0 Å². The van der Waals surface area contributed by atoms with Crippen LogP contribution in [0.5, 0.6) is 5.75 Å². The zero-order valence-corrected chi connectivity index (χ0v) is 12.5. The molecule has 7 heteroatoms. The Morgan fingerprint density at radius 2 is 1.82 bits per heavy atom. The number of nitrogens with zero attached hydrogens (tertiary/aromatic N) is 1. The molecule has 0 aliphatic rings. The largest absolute Gasteiger partial charge is 0.496 e. The lowest BCUT2D eigenvalue weighted by atomic mass is 10.0. The predicted octanol–water partition coefficient (Wildman–Crippen LogP) is 3.19. The van der Waals surface area contributed by atoms with E-state index in [2.05, 4.69) is 6.58 Å². The second-order valence-electron chi connectivity index (χ2n) is 4.32. The molecule has 0 aromatic heterocycles. The molecular formula is C15H13NO5S. The standard InChI is InChI=1S/C15H13NO5S/c1-3-22(19,20)13-10-9-12(21-2)14(15(13)16(17)18)11-7-5-4-6-8-11/h3-10H,1H2,2H3. The summed E-state index contributed by atoms with van der Waals surface area (Å²) in [7, 11) is -2.59. The fraction of sp³-hybridized carbons (Fsp3) is 0.0667. The third-order valence-corrected chi connectivity index (χ3v) is 4.47. The lowest BCUT2D eigenvalue weighted by Gasteiger charge is -2.12. The van der Waals surface area contributed by atoms with Crippen molar-refractivity contribution in [3.05, 3.63) is 64.6 Å². The van der Waals surface area contributed by atoms with Gasteiger partial charge in [0.1, 0.15) is 16.2 Å². The first kappa shape index (κ1) is 15.7. The molecular weight excluding hydrogens is 306 g/mol. The molecule has 0 amide bonds. The molecule has 0 N–H and O–H groups in total. The summed E-state index contributed by atoms with van der Waals surface area (Å²) in [5.74, 6) is 0.223. The molecule has 0 fully saturated rings. The molecule has 0 spiro atoms. The Labute approximate surface area is 127 Å². The number of sulfone groups is 1. The lowest BCUT2D eigenvalue weighted by Crippen LogP contribution is -2.05. The minimum absolute atomic E-state index is 0.121. The molecule has 0 radical (unpaired) electrons. The van der Waals surface area contributed by atoms with E-state index in [0.29, 0.717) is 11.0 Å². The van der Waals surface area contributed by atoms with Crippen molar-refractivity contribution in [1.29, 1.82) is 0 Å². The van der Waals surface area contributed by atoms with Gasteiger partial charge in [0.15, 0.2) is 0 Å². The monoisotopic (exact) mass is 319 g/mol. The van der Waals surface area contributed by atoms with Crippen molar-refractivity contribution in [2.75, 3.05) is 7.11 Å². The van der Waals surface area contributed by atoms with Gasteiger partial charge in [-0.2, -0.15) is 0 Å². The first-order chi connectivity index (χ1) is 10.4. The van der Waals surface area contributed by atoms with E-state index in [1.165, 1.54) is 13.2 Å². The summed E-state index contributed by atoms with van der Waals surface area (Å²) >= 11 is 0. The number of nitro benzene ring substituents is 1. The van der Waals surface area contributed by atoms with Crippen LogP contribution in [0.2, 0.25) is 0 Å². The number of ether oxygens (including phenoxy) is 1. The second-order valence-corrected chi connectivity index (χ2v) is 6.19. The maximum Gasteiger partial charge on any atom is 0.299 e. The van der Waals surface area contributed by atoms with E-state index in [0.717, 1.165) is 6.07 Å². The fourth-order valence-corrected chi connectivity index (χ4v) is 2.99. The highest BCUT2D eigenvalue weighted by atomic mass is 32.2. The highest BCUT2D eigenvalue weighted by Crippen LogP contribution is 2.42. The Kier molecular flexibility index (Phi) is 4.27. The topological polar surface area (TPSA) is 86.5 Å². The lowest BCUT2D eigenvalue weighted by molar-refractivity contribution is -0.387. The van der Waals surface area contributed by atoms with Gasteiger partial charge in [-0.3, -0.25) is 10.1 Å². The Bertz CT molecular complexity index is 829. The first-order valence-electron chi connectivity index (χ1n) is 6.20. The smallest absolute Gasteiger partial charge is 0.299 e. The van der Waals surface area contributed by atoms with Crippen molar-refractivity contribution in [3.63, 3.8) is 0 Å². The van der Waals surface area contributed by atoms with E-state index in [4.69, 9.17) is 4.74 Å². The highest BCUT2D eigenvalue weighted by molar-refractivity contribution is 7.94. The van der Waals surface area contributed by atoms with E-state index < -0.39 is 25.3 Å². The summed E-state index contributed by atoms with van der Waals surface area (Å²) in [6, 6.07) is 11.0. The quantitative estimate of drug-likeness (QED) is 0.624. The molecule has 0 bridgehead atoms. The zero-order chi connectivity index (χ0) is 16.3. The van der Waals surface area contributed by atoms with Gasteiger partial charge in [-0.1, -0.05) is 36.9 Å². The summed E-state index contributed by atoms with van der Waals surface area (Å²) in [5.41, 5.74) is 0.0913. The van der Waals surface area contributed by atoms with Crippen LogP contribution in [0.1, 0.15) is 0 Å². The van der Waals surface area contributed by atoms with Crippen LogP contribution in [0.4, 0.5) is 5.69 Å². The molecule has 2 rings (SSSR count). The van der Waals surface area contributed by atoms with E-state index in [-0.39, 0.29) is 11.3 Å². The molecule has 0 aliphatic heterocycles. The fourth-order valence-electron chi connectivity index (χ4n) is 2.11. The first-order valence-corrected chi connectivity index (χ1v) is 7.75. The van der Waals surface area contributed by atoms with E-state index in [1.807, 2.05) is 0 Å². The van der Waals surface area contributed by atoms with Crippen molar-refractivity contribution < 1.29 is 18.1 Å². The zero-order valence-electron chi connectivity index (χ0n) is 11.7. The van der Waals surface area contributed by atoms with E-state index in [1.54, 1.807) is 30.3 Å². The molecule has 2 aromatic carbocycles. The van der Waals surface area contributed by atoms with Gasteiger partial charge >= 0.3 is 0 Å². The summed E-state index contributed by atoms with van der Waals surface area (Å²) in [4.78, 5) is 10.4. The number of rotatable bonds is 5. The minimum Gasteiger partial charge on any atom is -0.496 e. The van der Waals surface area contributed by atoms with Crippen molar-refractivity contribution in [3.8, 4) is 16.9 Å². The minimum atomic E-state index is -3.96. The van der Waals surface area contributed by atoms with Crippen LogP contribution < -0.4 is 4.74 Å². The number of hydrogen-bond donors (Lipinski definition) is 0. The van der Waals surface area contributed by atoms with Crippen LogP contribution in [0.3, 0.4) is 0 Å². The van der Waals surface area contributed by atoms with Gasteiger partial charge in [-0.25, -0.2) is 8.42 Å². The average molecular weight is 319 g/mol. The van der Waals surface area contributed by atoms with Crippen molar-refractivity contribution in [1.82, 2.24) is 0 Å². The second kappa shape index (κ2) is 5.98. The maximum atomic E-state index is 12.0. The van der Waals surface area contributed by atoms with Crippen LogP contribution in [-0.2, 0) is 9.84 Å². The van der Waals surface area contributed by atoms with Crippen LogP contribution in [0.25, 0.3) is 11.1 Å². The number of hydrogen-bond acceptors (Lipinski definition) is 5. The predicted molar refractivity (Wildman–Crippen MR) is 82.5 cm³/mol. The van der Waals surface area contributed by atoms with Crippen molar-refractivity contribution in [2.24, 2.45) is 0 Å². The van der Waals surface area contributed by atoms with Gasteiger partial charge in [0.25, 0.3) is 5.69 Å². The van der Waals surface area contributed by atoms with Gasteiger partial charge in [-0.05, 0) is 17.7 Å². The summed E-state index contributed by atoms with van der Waals surface area (Å²) in [5, 5.41) is 12.2. The molecule has 6 nitrogen and oxygen atoms in total. The van der Waals surface area contributed by atoms with E-state index in [9.17, 15) is 18.5 Å². The number of nitro groups is 1. The van der Waals surface area contributed by atoms with Gasteiger partial charge in [0.2, 0.25) is 9.84 Å². The third kappa shape index (κ3) is 2.71. The highest BCUT2D eigenvalue weighted by Gasteiger charge is 2.30.